The summed E-state index contributed by atoms with van der Waals surface area (Å²) in [6.07, 6.45) is 3.78. The minimum Gasteiger partial charge on any atom is -0.454 e. The van der Waals surface area contributed by atoms with Gasteiger partial charge in [-0.2, -0.15) is 0 Å². The van der Waals surface area contributed by atoms with Gasteiger partial charge < -0.3 is 24.1 Å². The van der Waals surface area contributed by atoms with Gasteiger partial charge in [0.1, 0.15) is 0 Å². The van der Waals surface area contributed by atoms with E-state index in [2.05, 4.69) is 32.5 Å². The lowest BCUT2D eigenvalue weighted by Gasteiger charge is -2.28. The van der Waals surface area contributed by atoms with Crippen LogP contribution in [0.15, 0.2) is 52.1 Å². The van der Waals surface area contributed by atoms with Crippen LogP contribution in [0.1, 0.15) is 19.3 Å². The van der Waals surface area contributed by atoms with E-state index >= 15 is 0 Å². The molecule has 2 aliphatic rings. The van der Waals surface area contributed by atoms with E-state index in [9.17, 15) is 4.79 Å². The summed E-state index contributed by atoms with van der Waals surface area (Å²) in [7, 11) is 0. The standard InChI is InChI=1S/C22H22N4O4S.ClH/c27-20(23-16-5-7-17(8-6-16)26-10-2-1-3-11-26)13-31-22-25-24-21(30-22)15-4-9-18-19(12-15)29-14-28-18;/h4-9,12H,1-3,10-11,13-14H2,(H,23,27);1H. The Kier molecular flexibility index (Phi) is 7.06. The fourth-order valence-electron chi connectivity index (χ4n) is 3.65. The summed E-state index contributed by atoms with van der Waals surface area (Å²) in [6.45, 7) is 2.40. The van der Waals surface area contributed by atoms with E-state index in [1.807, 2.05) is 18.2 Å². The molecule has 168 valence electrons. The monoisotopic (exact) mass is 474 g/mol. The largest absolute Gasteiger partial charge is 0.454 e. The molecule has 3 aromatic rings. The molecule has 0 saturated carbocycles. The molecule has 10 heteroatoms. The molecule has 0 atom stereocenters. The van der Waals surface area contributed by atoms with Crippen LogP contribution in [0.25, 0.3) is 11.5 Å². The number of rotatable bonds is 6. The summed E-state index contributed by atoms with van der Waals surface area (Å²) >= 11 is 1.20. The zero-order valence-corrected chi connectivity index (χ0v) is 18.9. The average Bonchev–Trinajstić information content (AvgIpc) is 3.48. The second-order valence-corrected chi connectivity index (χ2v) is 8.30. The average molecular weight is 475 g/mol. The summed E-state index contributed by atoms with van der Waals surface area (Å²) in [5.74, 6) is 1.76. The first kappa shape index (κ1) is 22.3. The molecule has 2 aliphatic heterocycles. The van der Waals surface area contributed by atoms with Crippen LogP contribution in [0.3, 0.4) is 0 Å². The molecule has 1 fully saturated rings. The van der Waals surface area contributed by atoms with Crippen LogP contribution >= 0.6 is 24.2 Å². The van der Waals surface area contributed by atoms with Gasteiger partial charge in [-0.15, -0.1) is 22.6 Å². The van der Waals surface area contributed by atoms with Crippen LogP contribution in [0, 0.1) is 0 Å². The van der Waals surface area contributed by atoms with E-state index in [1.54, 1.807) is 12.1 Å². The predicted molar refractivity (Wildman–Crippen MR) is 125 cm³/mol. The maximum absolute atomic E-state index is 12.3. The number of thioether (sulfide) groups is 1. The van der Waals surface area contributed by atoms with Crippen LogP contribution < -0.4 is 19.7 Å². The Bertz CT molecular complexity index is 1070. The Balaban J connectivity index is 0.00000245. The number of anilines is 2. The molecule has 0 radical (unpaired) electrons. The molecule has 1 amide bonds. The van der Waals surface area contributed by atoms with Crippen molar-refractivity contribution in [2.45, 2.75) is 24.5 Å². The quantitative estimate of drug-likeness (QED) is 0.518. The zero-order chi connectivity index (χ0) is 21.0. The minimum absolute atomic E-state index is 0. The number of benzene rings is 2. The number of aromatic nitrogens is 2. The SMILES string of the molecule is Cl.O=C(CSc1nnc(-c2ccc3c(c2)OCO3)o1)Nc1ccc(N2CCCCC2)cc1. The lowest BCUT2D eigenvalue weighted by Crippen LogP contribution is -2.29. The number of fused-ring (bicyclic) bond motifs is 1. The number of hydrogen-bond donors (Lipinski definition) is 1. The van der Waals surface area contributed by atoms with E-state index in [1.165, 1.54) is 36.7 Å². The normalized spacial score (nSPS) is 14.7. The number of nitrogens with zero attached hydrogens (tertiary/aromatic N) is 3. The Morgan fingerprint density at radius 3 is 2.59 bits per heavy atom. The first-order chi connectivity index (χ1) is 15.2. The van der Waals surface area contributed by atoms with Crippen molar-refractivity contribution < 1.29 is 18.7 Å². The van der Waals surface area contributed by atoms with Crippen molar-refractivity contribution in [1.82, 2.24) is 10.2 Å². The third-order valence-corrected chi connectivity index (χ3v) is 6.04. The van der Waals surface area contributed by atoms with Gasteiger partial charge in [-0.1, -0.05) is 11.8 Å². The topological polar surface area (TPSA) is 89.7 Å². The van der Waals surface area contributed by atoms with E-state index in [-0.39, 0.29) is 30.9 Å². The third-order valence-electron chi connectivity index (χ3n) is 5.22. The first-order valence-electron chi connectivity index (χ1n) is 10.3. The van der Waals surface area contributed by atoms with E-state index in [0.717, 1.165) is 24.3 Å². The van der Waals surface area contributed by atoms with Crippen LogP contribution in [0.5, 0.6) is 11.5 Å². The Morgan fingerprint density at radius 2 is 1.78 bits per heavy atom. The molecular weight excluding hydrogens is 452 g/mol. The van der Waals surface area contributed by atoms with Crippen molar-refractivity contribution in [2.75, 3.05) is 35.9 Å². The molecule has 0 bridgehead atoms. The molecular formula is C22H23ClN4O4S. The molecule has 0 aliphatic carbocycles. The van der Waals surface area contributed by atoms with Gasteiger partial charge in [0.2, 0.25) is 18.6 Å². The van der Waals surface area contributed by atoms with Gasteiger partial charge in [0, 0.05) is 30.0 Å². The smallest absolute Gasteiger partial charge is 0.277 e. The molecule has 1 saturated heterocycles. The number of nitrogens with one attached hydrogen (secondary N) is 1. The fourth-order valence-corrected chi connectivity index (χ4v) is 4.21. The van der Waals surface area contributed by atoms with Gasteiger partial charge in [0.25, 0.3) is 5.22 Å². The van der Waals surface area contributed by atoms with E-state index in [0.29, 0.717) is 22.6 Å². The number of hydrogen-bond acceptors (Lipinski definition) is 8. The minimum atomic E-state index is -0.126. The number of amides is 1. The van der Waals surface area contributed by atoms with Gasteiger partial charge >= 0.3 is 0 Å². The molecule has 1 aromatic heterocycles. The highest BCUT2D eigenvalue weighted by atomic mass is 35.5. The molecule has 8 nitrogen and oxygen atoms in total. The van der Waals surface area contributed by atoms with E-state index in [4.69, 9.17) is 13.9 Å². The first-order valence-corrected chi connectivity index (χ1v) is 11.2. The maximum atomic E-state index is 12.3. The Hall–Kier alpha value is -2.91. The molecule has 0 unspecified atom stereocenters. The highest BCUT2D eigenvalue weighted by Gasteiger charge is 2.17. The van der Waals surface area contributed by atoms with Gasteiger partial charge in [0.05, 0.1) is 5.75 Å². The van der Waals surface area contributed by atoms with Crippen LogP contribution in [0.4, 0.5) is 11.4 Å². The lowest BCUT2D eigenvalue weighted by atomic mass is 10.1. The maximum Gasteiger partial charge on any atom is 0.277 e. The van der Waals surface area contributed by atoms with Crippen LogP contribution in [0.2, 0.25) is 0 Å². The second-order valence-electron chi connectivity index (χ2n) is 7.37. The van der Waals surface area contributed by atoms with Gasteiger partial charge in [-0.3, -0.25) is 4.79 Å². The van der Waals surface area contributed by atoms with Crippen LogP contribution in [-0.2, 0) is 4.79 Å². The lowest BCUT2D eigenvalue weighted by molar-refractivity contribution is -0.113. The van der Waals surface area contributed by atoms with Gasteiger partial charge in [-0.05, 0) is 61.7 Å². The van der Waals surface area contributed by atoms with Crippen molar-refractivity contribution in [3.63, 3.8) is 0 Å². The molecule has 3 heterocycles. The molecule has 0 spiro atoms. The fraction of sp³-hybridized carbons (Fsp3) is 0.318. The molecule has 5 rings (SSSR count). The number of carbonyl (C=O) groups is 1. The van der Waals surface area contributed by atoms with Crippen LogP contribution in [-0.4, -0.2) is 41.7 Å². The summed E-state index contributed by atoms with van der Waals surface area (Å²) in [5, 5.41) is 11.3. The number of carbonyl (C=O) groups excluding carboxylic acids is 1. The summed E-state index contributed by atoms with van der Waals surface area (Å²) in [5.41, 5.74) is 2.72. The van der Waals surface area contributed by atoms with Crippen molar-refractivity contribution >= 4 is 41.5 Å². The summed E-state index contributed by atoms with van der Waals surface area (Å²) in [6, 6.07) is 13.4. The number of halogens is 1. The molecule has 2 aromatic carbocycles. The number of piperidine rings is 1. The van der Waals surface area contributed by atoms with Crippen molar-refractivity contribution in [3.05, 3.63) is 42.5 Å². The Labute approximate surface area is 196 Å². The van der Waals surface area contributed by atoms with Gasteiger partial charge in [-0.25, -0.2) is 0 Å². The third kappa shape index (κ3) is 5.11. The number of ether oxygens (including phenoxy) is 2. The highest BCUT2D eigenvalue weighted by Crippen LogP contribution is 2.36. The summed E-state index contributed by atoms with van der Waals surface area (Å²) < 4.78 is 16.3. The molecule has 32 heavy (non-hydrogen) atoms. The molecule has 1 N–H and O–H groups in total. The predicted octanol–water partition coefficient (Wildman–Crippen LogP) is 4.61. The van der Waals surface area contributed by atoms with Crippen molar-refractivity contribution in [3.8, 4) is 23.0 Å². The second kappa shape index (κ2) is 10.1. The highest BCUT2D eigenvalue weighted by molar-refractivity contribution is 7.99. The zero-order valence-electron chi connectivity index (χ0n) is 17.3. The van der Waals surface area contributed by atoms with Crippen molar-refractivity contribution in [2.24, 2.45) is 0 Å². The Morgan fingerprint density at radius 1 is 1.00 bits per heavy atom. The van der Waals surface area contributed by atoms with Gasteiger partial charge in [0.15, 0.2) is 11.5 Å². The van der Waals surface area contributed by atoms with E-state index < -0.39 is 0 Å². The van der Waals surface area contributed by atoms with Crippen molar-refractivity contribution in [1.29, 1.82) is 0 Å². The summed E-state index contributed by atoms with van der Waals surface area (Å²) in [4.78, 5) is 14.7.